The van der Waals surface area contributed by atoms with Crippen LogP contribution in [-0.2, 0) is 14.3 Å². The Labute approximate surface area is 159 Å². The minimum Gasteiger partial charge on any atom is -0.469 e. The summed E-state index contributed by atoms with van der Waals surface area (Å²) in [5.41, 5.74) is 0. The maximum atomic E-state index is 11.0. The third-order valence-electron chi connectivity index (χ3n) is 4.47. The van der Waals surface area contributed by atoms with Crippen molar-refractivity contribution in [1.82, 2.24) is 0 Å². The van der Waals surface area contributed by atoms with Gasteiger partial charge in [-0.05, 0) is 32.1 Å². The van der Waals surface area contributed by atoms with E-state index in [0.29, 0.717) is 12.8 Å². The summed E-state index contributed by atoms with van der Waals surface area (Å²) in [6.45, 7) is 2.43. The molecule has 0 spiro atoms. The first-order valence-corrected chi connectivity index (χ1v) is 10.3. The molecule has 0 rings (SSSR count). The van der Waals surface area contributed by atoms with Crippen molar-refractivity contribution >= 4 is 5.97 Å². The van der Waals surface area contributed by atoms with Crippen LogP contribution in [-0.4, -0.2) is 48.7 Å². The summed E-state index contributed by atoms with van der Waals surface area (Å²) in [6, 6.07) is 0. The maximum Gasteiger partial charge on any atom is 0.305 e. The highest BCUT2D eigenvalue weighted by Crippen LogP contribution is 2.14. The highest BCUT2D eigenvalue weighted by Gasteiger charge is 2.18. The van der Waals surface area contributed by atoms with Crippen LogP contribution in [0.15, 0.2) is 12.2 Å². The molecule has 0 heterocycles. The number of unbranched alkanes of at least 4 members (excludes halogenated alkanes) is 7. The summed E-state index contributed by atoms with van der Waals surface area (Å²) >= 11 is 0. The summed E-state index contributed by atoms with van der Waals surface area (Å²) in [7, 11) is 1.43. The van der Waals surface area contributed by atoms with Crippen molar-refractivity contribution in [2.24, 2.45) is 0 Å². The number of allylic oxidation sites excluding steroid dienone is 1. The quantitative estimate of drug-likeness (QED) is 0.215. The lowest BCUT2D eigenvalue weighted by Crippen LogP contribution is -2.29. The van der Waals surface area contributed by atoms with E-state index in [1.54, 1.807) is 0 Å². The molecule has 0 aromatic rings. The van der Waals surface area contributed by atoms with Crippen molar-refractivity contribution in [3.63, 3.8) is 0 Å². The number of carbonyl (C=O) groups excluding carboxylic acids is 1. The first-order valence-electron chi connectivity index (χ1n) is 10.3. The second kappa shape index (κ2) is 18.9. The molecule has 26 heavy (non-hydrogen) atoms. The normalized spacial score (nSPS) is 13.8. The Bertz CT molecular complexity index is 343. The third kappa shape index (κ3) is 15.4. The van der Waals surface area contributed by atoms with Gasteiger partial charge in [0.2, 0.25) is 0 Å². The van der Waals surface area contributed by atoms with Crippen LogP contribution in [0.3, 0.4) is 0 Å². The number of rotatable bonds is 18. The number of ether oxygens (including phenoxy) is 2. The van der Waals surface area contributed by atoms with Gasteiger partial charge in [-0.3, -0.25) is 4.79 Å². The fraction of sp³-hybridized carbons (Fsp3) is 0.857. The van der Waals surface area contributed by atoms with Crippen LogP contribution in [0.5, 0.6) is 0 Å². The van der Waals surface area contributed by atoms with Crippen molar-refractivity contribution in [2.75, 3.05) is 20.3 Å². The zero-order valence-electron chi connectivity index (χ0n) is 16.8. The van der Waals surface area contributed by atoms with Gasteiger partial charge in [0.15, 0.2) is 0 Å². The number of hydrogen-bond donors (Lipinski definition) is 2. The Morgan fingerprint density at radius 1 is 1.04 bits per heavy atom. The molecule has 0 aromatic heterocycles. The van der Waals surface area contributed by atoms with Gasteiger partial charge in [-0.25, -0.2) is 0 Å². The average molecular weight is 373 g/mol. The molecule has 0 amide bonds. The van der Waals surface area contributed by atoms with E-state index in [-0.39, 0.29) is 25.3 Å². The Morgan fingerprint density at radius 2 is 1.77 bits per heavy atom. The molecule has 0 radical (unpaired) electrons. The first kappa shape index (κ1) is 25.1. The minimum atomic E-state index is -0.507. The third-order valence-corrected chi connectivity index (χ3v) is 4.47. The second-order valence-corrected chi connectivity index (χ2v) is 6.79. The van der Waals surface area contributed by atoms with Gasteiger partial charge < -0.3 is 19.7 Å². The predicted octanol–water partition coefficient (Wildman–Crippen LogP) is 4.16. The lowest BCUT2D eigenvalue weighted by Gasteiger charge is -2.22. The zero-order valence-corrected chi connectivity index (χ0v) is 16.8. The molecular formula is C21H40O5. The molecule has 154 valence electrons. The Morgan fingerprint density at radius 3 is 2.46 bits per heavy atom. The molecular weight excluding hydrogens is 332 g/mol. The van der Waals surface area contributed by atoms with E-state index >= 15 is 0 Å². The van der Waals surface area contributed by atoms with Crippen LogP contribution in [0.1, 0.15) is 84.0 Å². The monoisotopic (exact) mass is 372 g/mol. The fourth-order valence-electron chi connectivity index (χ4n) is 2.86. The SMILES string of the molecule is CCCCCC(OCCO)C(O)C/C=C/CCCCCCCC(=O)OC. The average Bonchev–Trinajstić information content (AvgIpc) is 2.65. The van der Waals surface area contributed by atoms with Crippen molar-refractivity contribution in [3.05, 3.63) is 12.2 Å². The van der Waals surface area contributed by atoms with Crippen LogP contribution < -0.4 is 0 Å². The zero-order chi connectivity index (χ0) is 19.5. The standard InChI is InChI=1S/C21H40O5/c1-3-4-11-15-20(26-18-17-22)19(23)14-12-9-7-5-6-8-10-13-16-21(24)25-2/h9,12,19-20,22-23H,3-8,10-11,13-18H2,1-2H3/b12-9+. The van der Waals surface area contributed by atoms with Gasteiger partial charge in [-0.1, -0.05) is 57.6 Å². The summed E-state index contributed by atoms with van der Waals surface area (Å²) in [5.74, 6) is -0.123. The van der Waals surface area contributed by atoms with Crippen LogP contribution in [0.4, 0.5) is 0 Å². The molecule has 2 N–H and O–H groups in total. The molecule has 2 unspecified atom stereocenters. The molecule has 0 saturated heterocycles. The first-order chi connectivity index (χ1) is 12.7. The van der Waals surface area contributed by atoms with E-state index in [9.17, 15) is 9.90 Å². The molecule has 0 fully saturated rings. The van der Waals surface area contributed by atoms with E-state index in [2.05, 4.69) is 17.7 Å². The molecule has 5 nitrogen and oxygen atoms in total. The van der Waals surface area contributed by atoms with Crippen molar-refractivity contribution in [2.45, 2.75) is 96.2 Å². The van der Waals surface area contributed by atoms with Gasteiger partial charge >= 0.3 is 5.97 Å². The molecule has 2 atom stereocenters. The van der Waals surface area contributed by atoms with Crippen LogP contribution in [0, 0.1) is 0 Å². The number of aliphatic hydroxyl groups excluding tert-OH is 2. The molecule has 5 heteroatoms. The number of carbonyl (C=O) groups is 1. The lowest BCUT2D eigenvalue weighted by atomic mass is 10.0. The van der Waals surface area contributed by atoms with Gasteiger partial charge in [0.25, 0.3) is 0 Å². The summed E-state index contributed by atoms with van der Waals surface area (Å²) in [6.07, 6.45) is 15.2. The largest absolute Gasteiger partial charge is 0.469 e. The van der Waals surface area contributed by atoms with E-state index in [1.165, 1.54) is 7.11 Å². The van der Waals surface area contributed by atoms with Crippen molar-refractivity contribution < 1.29 is 24.5 Å². The van der Waals surface area contributed by atoms with Gasteiger partial charge in [-0.2, -0.15) is 0 Å². The van der Waals surface area contributed by atoms with Crippen LogP contribution in [0.2, 0.25) is 0 Å². The molecule has 0 bridgehead atoms. The molecule has 0 aliphatic rings. The number of hydrogen-bond acceptors (Lipinski definition) is 5. The highest BCUT2D eigenvalue weighted by atomic mass is 16.5. The van der Waals surface area contributed by atoms with Gasteiger partial charge in [0, 0.05) is 6.42 Å². The number of esters is 1. The molecule has 0 aliphatic heterocycles. The van der Waals surface area contributed by atoms with E-state index in [4.69, 9.17) is 9.84 Å². The van der Waals surface area contributed by atoms with E-state index in [1.807, 2.05) is 6.08 Å². The van der Waals surface area contributed by atoms with Crippen molar-refractivity contribution in [3.8, 4) is 0 Å². The Kier molecular flexibility index (Phi) is 18.2. The summed E-state index contributed by atoms with van der Waals surface area (Å²) < 4.78 is 10.2. The van der Waals surface area contributed by atoms with Gasteiger partial charge in [0.05, 0.1) is 32.5 Å². The number of methoxy groups -OCH3 is 1. The summed E-state index contributed by atoms with van der Waals surface area (Å²) in [4.78, 5) is 11.0. The smallest absolute Gasteiger partial charge is 0.305 e. The van der Waals surface area contributed by atoms with Crippen molar-refractivity contribution in [1.29, 1.82) is 0 Å². The van der Waals surface area contributed by atoms with E-state index < -0.39 is 6.10 Å². The predicted molar refractivity (Wildman–Crippen MR) is 105 cm³/mol. The lowest BCUT2D eigenvalue weighted by molar-refractivity contribution is -0.140. The molecule has 0 aliphatic carbocycles. The number of aliphatic hydroxyl groups is 2. The highest BCUT2D eigenvalue weighted by molar-refractivity contribution is 5.68. The topological polar surface area (TPSA) is 76.0 Å². The minimum absolute atomic E-state index is 0.00747. The van der Waals surface area contributed by atoms with E-state index in [0.717, 1.165) is 64.2 Å². The fourth-order valence-corrected chi connectivity index (χ4v) is 2.86. The molecule has 0 saturated carbocycles. The van der Waals surface area contributed by atoms with Crippen LogP contribution >= 0.6 is 0 Å². The maximum absolute atomic E-state index is 11.0. The molecule has 0 aromatic carbocycles. The van der Waals surface area contributed by atoms with Gasteiger partial charge in [-0.15, -0.1) is 0 Å². The van der Waals surface area contributed by atoms with Crippen LogP contribution in [0.25, 0.3) is 0 Å². The second-order valence-electron chi connectivity index (χ2n) is 6.79. The van der Waals surface area contributed by atoms with Gasteiger partial charge in [0.1, 0.15) is 0 Å². The Balaban J connectivity index is 3.76. The summed E-state index contributed by atoms with van der Waals surface area (Å²) in [5, 5.41) is 19.2. The Hall–Kier alpha value is -0.910.